The molecule has 0 saturated carbocycles. The number of likely N-dealkylation sites (tertiary alicyclic amines) is 1. The molecule has 1 aliphatic heterocycles. The van der Waals surface area contributed by atoms with Gasteiger partial charge >= 0.3 is 5.69 Å². The van der Waals surface area contributed by atoms with Crippen molar-refractivity contribution < 1.29 is 9.66 Å². The van der Waals surface area contributed by atoms with E-state index in [9.17, 15) is 19.7 Å². The molecule has 3 rings (SSSR count). The van der Waals surface area contributed by atoms with Gasteiger partial charge in [0.05, 0.1) is 29.0 Å². The molecule has 140 valence electrons. The van der Waals surface area contributed by atoms with Crippen LogP contribution in [0.5, 0.6) is 0 Å². The molecule has 1 aliphatic rings. The van der Waals surface area contributed by atoms with E-state index in [2.05, 4.69) is 4.90 Å². The number of nitro groups is 1. The number of methoxy groups -OCH3 is 1. The zero-order valence-electron chi connectivity index (χ0n) is 14.7. The number of benzene rings is 1. The van der Waals surface area contributed by atoms with Crippen LogP contribution in [-0.2, 0) is 17.8 Å². The first-order chi connectivity index (χ1) is 12.5. The molecule has 0 atom stereocenters. The zero-order chi connectivity index (χ0) is 18.7. The van der Waals surface area contributed by atoms with Crippen molar-refractivity contribution in [2.75, 3.05) is 33.4 Å². The predicted octanol–water partition coefficient (Wildman–Crippen LogP) is 0.814. The molecule has 1 fully saturated rings. The summed E-state index contributed by atoms with van der Waals surface area (Å²) in [4.78, 5) is 38.3. The summed E-state index contributed by atoms with van der Waals surface area (Å²) in [6, 6.07) is 4.06. The quantitative estimate of drug-likeness (QED) is 0.534. The van der Waals surface area contributed by atoms with Gasteiger partial charge < -0.3 is 9.64 Å². The molecule has 0 unspecified atom stereocenters. The van der Waals surface area contributed by atoms with Gasteiger partial charge in [0.2, 0.25) is 0 Å². The van der Waals surface area contributed by atoms with Crippen LogP contribution in [0.1, 0.15) is 12.8 Å². The van der Waals surface area contributed by atoms with E-state index < -0.39 is 16.2 Å². The van der Waals surface area contributed by atoms with Gasteiger partial charge in [-0.25, -0.2) is 4.79 Å². The van der Waals surface area contributed by atoms with E-state index in [1.165, 1.54) is 29.9 Å². The summed E-state index contributed by atoms with van der Waals surface area (Å²) in [5, 5.41) is 11.2. The van der Waals surface area contributed by atoms with Crippen LogP contribution in [0.15, 0.2) is 27.8 Å². The largest absolute Gasteiger partial charge is 0.383 e. The molecule has 26 heavy (non-hydrogen) atoms. The van der Waals surface area contributed by atoms with Crippen LogP contribution in [0.3, 0.4) is 0 Å². The van der Waals surface area contributed by atoms with Gasteiger partial charge in [0.15, 0.2) is 0 Å². The fraction of sp³-hybridized carbons (Fsp3) is 0.529. The summed E-state index contributed by atoms with van der Waals surface area (Å²) in [6.45, 7) is 3.45. The topological polar surface area (TPSA) is 99.6 Å². The lowest BCUT2D eigenvalue weighted by atomic mass is 10.2. The first-order valence-electron chi connectivity index (χ1n) is 8.66. The fourth-order valence-electron chi connectivity index (χ4n) is 3.37. The Morgan fingerprint density at radius 3 is 2.50 bits per heavy atom. The van der Waals surface area contributed by atoms with Crippen LogP contribution < -0.4 is 11.2 Å². The lowest BCUT2D eigenvalue weighted by Gasteiger charge is -2.18. The summed E-state index contributed by atoms with van der Waals surface area (Å²) in [6.07, 6.45) is 2.30. The number of aromatic nitrogens is 2. The molecule has 0 radical (unpaired) electrons. The van der Waals surface area contributed by atoms with E-state index in [4.69, 9.17) is 4.74 Å². The Morgan fingerprint density at radius 2 is 1.85 bits per heavy atom. The molecule has 0 aliphatic carbocycles. The second-order valence-corrected chi connectivity index (χ2v) is 6.39. The number of hydrogen-bond acceptors (Lipinski definition) is 6. The summed E-state index contributed by atoms with van der Waals surface area (Å²) in [7, 11) is 1.49. The molecule has 0 N–H and O–H groups in total. The van der Waals surface area contributed by atoms with Crippen molar-refractivity contribution in [1.82, 2.24) is 14.0 Å². The van der Waals surface area contributed by atoms with Gasteiger partial charge in [-0.1, -0.05) is 0 Å². The monoisotopic (exact) mass is 362 g/mol. The number of nitro benzene ring substituents is 1. The van der Waals surface area contributed by atoms with Crippen molar-refractivity contribution in [3.8, 4) is 0 Å². The van der Waals surface area contributed by atoms with Gasteiger partial charge in [-0.2, -0.15) is 0 Å². The molecule has 9 heteroatoms. The number of non-ortho nitro benzene ring substituents is 1. The third-order valence-electron chi connectivity index (χ3n) is 4.78. The van der Waals surface area contributed by atoms with Crippen molar-refractivity contribution in [2.45, 2.75) is 25.9 Å². The summed E-state index contributed by atoms with van der Waals surface area (Å²) < 4.78 is 7.62. The predicted molar refractivity (Wildman–Crippen MR) is 96.7 cm³/mol. The smallest absolute Gasteiger partial charge is 0.331 e. The third-order valence-corrected chi connectivity index (χ3v) is 4.78. The maximum atomic E-state index is 12.9. The standard InChI is InChI=1S/C17H22N4O5/c1-26-11-10-20-16(22)14-12-13(21(24)25)4-5-15(14)19(17(20)23)9-8-18-6-2-3-7-18/h4-5,12H,2-3,6-11H2,1H3. The van der Waals surface area contributed by atoms with Crippen LogP contribution >= 0.6 is 0 Å². The van der Waals surface area contributed by atoms with Crippen molar-refractivity contribution >= 4 is 16.6 Å². The highest BCUT2D eigenvalue weighted by atomic mass is 16.6. The lowest BCUT2D eigenvalue weighted by molar-refractivity contribution is -0.384. The Labute approximate surface area is 149 Å². The van der Waals surface area contributed by atoms with Crippen molar-refractivity contribution in [3.63, 3.8) is 0 Å². The lowest BCUT2D eigenvalue weighted by Crippen LogP contribution is -2.42. The number of nitrogens with zero attached hydrogens (tertiary/aromatic N) is 4. The summed E-state index contributed by atoms with van der Waals surface area (Å²) >= 11 is 0. The molecule has 0 amide bonds. The zero-order valence-corrected chi connectivity index (χ0v) is 14.7. The fourth-order valence-corrected chi connectivity index (χ4v) is 3.37. The number of ether oxygens (including phenoxy) is 1. The highest BCUT2D eigenvalue weighted by Gasteiger charge is 2.18. The average molecular weight is 362 g/mol. The van der Waals surface area contributed by atoms with Crippen LogP contribution in [0, 0.1) is 10.1 Å². The molecule has 1 saturated heterocycles. The van der Waals surface area contributed by atoms with Crippen LogP contribution in [0.25, 0.3) is 10.9 Å². The van der Waals surface area contributed by atoms with Gasteiger partial charge in [-0.3, -0.25) is 24.0 Å². The first kappa shape index (κ1) is 18.3. The number of hydrogen-bond donors (Lipinski definition) is 0. The minimum Gasteiger partial charge on any atom is -0.383 e. The van der Waals surface area contributed by atoms with E-state index >= 15 is 0 Å². The molecular formula is C17H22N4O5. The molecule has 2 aromatic rings. The van der Waals surface area contributed by atoms with Crippen LogP contribution in [0.4, 0.5) is 5.69 Å². The minimum atomic E-state index is -0.544. The second-order valence-electron chi connectivity index (χ2n) is 6.39. The highest BCUT2D eigenvalue weighted by Crippen LogP contribution is 2.17. The molecule has 0 bridgehead atoms. The Morgan fingerprint density at radius 1 is 1.12 bits per heavy atom. The van der Waals surface area contributed by atoms with Gasteiger partial charge in [-0.15, -0.1) is 0 Å². The van der Waals surface area contributed by atoms with E-state index in [-0.39, 0.29) is 24.2 Å². The maximum Gasteiger partial charge on any atom is 0.331 e. The van der Waals surface area contributed by atoms with Gasteiger partial charge in [-0.05, 0) is 32.0 Å². The summed E-state index contributed by atoms with van der Waals surface area (Å²) in [5.74, 6) is 0. The summed E-state index contributed by atoms with van der Waals surface area (Å²) in [5.41, 5.74) is -0.674. The number of rotatable bonds is 7. The Balaban J connectivity index is 2.11. The van der Waals surface area contributed by atoms with Crippen LogP contribution in [0.2, 0.25) is 0 Å². The Kier molecular flexibility index (Phi) is 5.48. The van der Waals surface area contributed by atoms with E-state index in [0.29, 0.717) is 18.6 Å². The molecule has 1 aromatic carbocycles. The number of fused-ring (bicyclic) bond motifs is 1. The molecule has 1 aromatic heterocycles. The van der Waals surface area contributed by atoms with Crippen molar-refractivity contribution in [2.24, 2.45) is 0 Å². The molecule has 2 heterocycles. The normalized spacial score (nSPS) is 15.0. The molecule has 0 spiro atoms. The molecular weight excluding hydrogens is 340 g/mol. The van der Waals surface area contributed by atoms with Gasteiger partial charge in [0.1, 0.15) is 0 Å². The average Bonchev–Trinajstić information content (AvgIpc) is 3.14. The van der Waals surface area contributed by atoms with Crippen LogP contribution in [-0.4, -0.2) is 52.3 Å². The Hall–Kier alpha value is -2.52. The second kappa shape index (κ2) is 7.79. The van der Waals surface area contributed by atoms with E-state index in [1.807, 2.05) is 0 Å². The van der Waals surface area contributed by atoms with E-state index in [1.54, 1.807) is 0 Å². The van der Waals surface area contributed by atoms with Gasteiger partial charge in [0, 0.05) is 32.3 Å². The highest BCUT2D eigenvalue weighted by molar-refractivity contribution is 5.80. The van der Waals surface area contributed by atoms with Crippen molar-refractivity contribution in [1.29, 1.82) is 0 Å². The van der Waals surface area contributed by atoms with Gasteiger partial charge in [0.25, 0.3) is 11.2 Å². The molecule has 9 nitrogen and oxygen atoms in total. The third kappa shape index (κ3) is 3.54. The minimum absolute atomic E-state index is 0.108. The SMILES string of the molecule is COCCn1c(=O)c2cc([N+](=O)[O-])ccc2n(CCN2CCCC2)c1=O. The Bertz CT molecular complexity index is 927. The maximum absolute atomic E-state index is 12.9. The first-order valence-corrected chi connectivity index (χ1v) is 8.66. The van der Waals surface area contributed by atoms with E-state index in [0.717, 1.165) is 30.5 Å². The van der Waals surface area contributed by atoms with Crippen molar-refractivity contribution in [3.05, 3.63) is 49.2 Å².